The molecule has 1 aromatic carbocycles. The van der Waals surface area contributed by atoms with Crippen molar-refractivity contribution in [3.05, 3.63) is 59.0 Å². The molecule has 1 aromatic heterocycles. The van der Waals surface area contributed by atoms with Crippen molar-refractivity contribution in [2.24, 2.45) is 0 Å². The molecule has 0 saturated carbocycles. The monoisotopic (exact) mass is 373 g/mol. The minimum absolute atomic E-state index is 0.142. The summed E-state index contributed by atoms with van der Waals surface area (Å²) in [6.45, 7) is 1.76. The van der Waals surface area contributed by atoms with Crippen LogP contribution in [0.25, 0.3) is 6.08 Å². The fraction of sp³-hybridized carbons (Fsp3) is 0.278. The minimum Gasteiger partial charge on any atom is -0.362 e. The van der Waals surface area contributed by atoms with Crippen molar-refractivity contribution in [1.82, 2.24) is 20.8 Å². The lowest BCUT2D eigenvalue weighted by Crippen LogP contribution is -2.43. The van der Waals surface area contributed by atoms with Gasteiger partial charge < -0.3 is 10.6 Å². The highest BCUT2D eigenvalue weighted by Crippen LogP contribution is 2.25. The summed E-state index contributed by atoms with van der Waals surface area (Å²) in [4.78, 5) is 19.6. The number of aromatic nitrogens is 2. The van der Waals surface area contributed by atoms with Crippen LogP contribution in [0.15, 0.2) is 42.7 Å². The molecule has 1 amide bonds. The first-order valence-corrected chi connectivity index (χ1v) is 8.64. The summed E-state index contributed by atoms with van der Waals surface area (Å²) in [5, 5.41) is 16.1. The van der Waals surface area contributed by atoms with Gasteiger partial charge in [-0.15, -0.1) is 0 Å². The van der Waals surface area contributed by atoms with E-state index in [2.05, 4.69) is 20.6 Å². The SMILES string of the molecule is O=C(/C=C/c1cnc(N[C@]2(Cc3ccc(Cl)cc3)CCNC2)cn1)NO. The summed E-state index contributed by atoms with van der Waals surface area (Å²) in [5.41, 5.74) is 3.11. The maximum absolute atomic E-state index is 11.0. The number of halogens is 1. The Bertz CT molecular complexity index is 771. The molecule has 0 bridgehead atoms. The van der Waals surface area contributed by atoms with E-state index in [1.165, 1.54) is 23.2 Å². The Balaban J connectivity index is 1.70. The van der Waals surface area contributed by atoms with E-state index < -0.39 is 5.91 Å². The van der Waals surface area contributed by atoms with Gasteiger partial charge in [0.25, 0.3) is 5.91 Å². The fourth-order valence-corrected chi connectivity index (χ4v) is 3.12. The smallest absolute Gasteiger partial charge is 0.267 e. The Kier molecular flexibility index (Phi) is 5.82. The topological polar surface area (TPSA) is 99.2 Å². The maximum atomic E-state index is 11.0. The number of nitrogens with zero attached hydrogens (tertiary/aromatic N) is 2. The summed E-state index contributed by atoms with van der Waals surface area (Å²) in [7, 11) is 0. The lowest BCUT2D eigenvalue weighted by Gasteiger charge is -2.30. The van der Waals surface area contributed by atoms with Gasteiger partial charge in [0.15, 0.2) is 0 Å². The van der Waals surface area contributed by atoms with Gasteiger partial charge in [-0.05, 0) is 43.2 Å². The lowest BCUT2D eigenvalue weighted by atomic mass is 9.90. The van der Waals surface area contributed by atoms with E-state index in [-0.39, 0.29) is 5.54 Å². The first-order valence-electron chi connectivity index (χ1n) is 8.26. The standard InChI is InChI=1S/C18H20ClN5O2/c19-14-3-1-13(2-4-14)9-18(7-8-20-12-18)23-16-11-21-15(10-22-16)5-6-17(25)24-26/h1-6,10-11,20,26H,7-9,12H2,(H,22,23)(H,24,25)/b6-5+/t18-/m0/s1. The molecule has 8 heteroatoms. The van der Waals surface area contributed by atoms with Crippen molar-refractivity contribution in [3.63, 3.8) is 0 Å². The third-order valence-electron chi connectivity index (χ3n) is 4.28. The zero-order valence-corrected chi connectivity index (χ0v) is 14.8. The highest BCUT2D eigenvalue weighted by molar-refractivity contribution is 6.30. The van der Waals surface area contributed by atoms with Gasteiger partial charge in [-0.2, -0.15) is 0 Å². The van der Waals surface area contributed by atoms with E-state index in [9.17, 15) is 4.79 Å². The van der Waals surface area contributed by atoms with E-state index in [4.69, 9.17) is 16.8 Å². The van der Waals surface area contributed by atoms with Gasteiger partial charge in [-0.3, -0.25) is 15.0 Å². The second-order valence-electron chi connectivity index (χ2n) is 6.27. The maximum Gasteiger partial charge on any atom is 0.267 e. The molecule has 7 nitrogen and oxygen atoms in total. The summed E-state index contributed by atoms with van der Waals surface area (Å²) in [6.07, 6.45) is 7.68. The van der Waals surface area contributed by atoms with Gasteiger partial charge in [-0.25, -0.2) is 10.5 Å². The average Bonchev–Trinajstić information content (AvgIpc) is 3.11. The number of rotatable bonds is 6. The normalized spacial score (nSPS) is 19.6. The summed E-state index contributed by atoms with van der Waals surface area (Å²) >= 11 is 5.97. The van der Waals surface area contributed by atoms with Crippen molar-refractivity contribution >= 4 is 29.4 Å². The summed E-state index contributed by atoms with van der Waals surface area (Å²) < 4.78 is 0. The quantitative estimate of drug-likeness (QED) is 0.351. The minimum atomic E-state index is -0.618. The molecule has 136 valence electrons. The van der Waals surface area contributed by atoms with Gasteiger partial charge in [0, 0.05) is 17.6 Å². The van der Waals surface area contributed by atoms with Crippen LogP contribution in [-0.4, -0.2) is 39.7 Å². The van der Waals surface area contributed by atoms with Gasteiger partial charge in [0.05, 0.1) is 23.6 Å². The first-order chi connectivity index (χ1) is 12.6. The Morgan fingerprint density at radius 3 is 2.73 bits per heavy atom. The van der Waals surface area contributed by atoms with Crippen LogP contribution in [0.5, 0.6) is 0 Å². The molecule has 0 aliphatic carbocycles. The number of nitrogens with one attached hydrogen (secondary N) is 3. The third kappa shape index (κ3) is 4.78. The lowest BCUT2D eigenvalue weighted by molar-refractivity contribution is -0.124. The summed E-state index contributed by atoms with van der Waals surface area (Å²) in [6, 6.07) is 7.87. The molecular formula is C18H20ClN5O2. The van der Waals surface area contributed by atoms with Crippen LogP contribution in [-0.2, 0) is 11.2 Å². The second kappa shape index (κ2) is 8.27. The molecule has 1 aliphatic heterocycles. The van der Waals surface area contributed by atoms with Crippen molar-refractivity contribution in [1.29, 1.82) is 0 Å². The number of hydrogen-bond donors (Lipinski definition) is 4. The molecule has 0 spiro atoms. The molecule has 2 heterocycles. The average molecular weight is 374 g/mol. The number of anilines is 1. The van der Waals surface area contributed by atoms with Crippen molar-refractivity contribution in [2.45, 2.75) is 18.4 Å². The molecule has 1 fully saturated rings. The number of carbonyl (C=O) groups is 1. The summed E-state index contributed by atoms with van der Waals surface area (Å²) in [5.74, 6) is 0.0550. The Morgan fingerprint density at radius 2 is 2.12 bits per heavy atom. The van der Waals surface area contributed by atoms with Crippen LogP contribution in [0.3, 0.4) is 0 Å². The van der Waals surface area contributed by atoms with E-state index in [1.54, 1.807) is 12.4 Å². The van der Waals surface area contributed by atoms with Crippen LogP contribution in [0, 0.1) is 0 Å². The van der Waals surface area contributed by atoms with E-state index in [0.717, 1.165) is 31.0 Å². The second-order valence-corrected chi connectivity index (χ2v) is 6.71. The van der Waals surface area contributed by atoms with Crippen LogP contribution in [0.2, 0.25) is 5.02 Å². The largest absolute Gasteiger partial charge is 0.362 e. The molecular weight excluding hydrogens is 354 g/mol. The third-order valence-corrected chi connectivity index (χ3v) is 4.53. The predicted octanol–water partition coefficient (Wildman–Crippen LogP) is 2.04. The fourth-order valence-electron chi connectivity index (χ4n) is 3.00. The highest BCUT2D eigenvalue weighted by Gasteiger charge is 2.34. The van der Waals surface area contributed by atoms with Gasteiger partial charge in [0.2, 0.25) is 0 Å². The van der Waals surface area contributed by atoms with Crippen LogP contribution >= 0.6 is 11.6 Å². The van der Waals surface area contributed by atoms with Crippen LogP contribution in [0.1, 0.15) is 17.7 Å². The van der Waals surface area contributed by atoms with E-state index in [0.29, 0.717) is 11.5 Å². The molecule has 0 radical (unpaired) electrons. The molecule has 1 saturated heterocycles. The number of hydrogen-bond acceptors (Lipinski definition) is 6. The number of carbonyl (C=O) groups excluding carboxylic acids is 1. The highest BCUT2D eigenvalue weighted by atomic mass is 35.5. The predicted molar refractivity (Wildman–Crippen MR) is 100.0 cm³/mol. The molecule has 1 atom stereocenters. The molecule has 0 unspecified atom stereocenters. The zero-order chi connectivity index (χ0) is 18.4. The van der Waals surface area contributed by atoms with Crippen molar-refractivity contribution < 1.29 is 10.0 Å². The van der Waals surface area contributed by atoms with Gasteiger partial charge in [-0.1, -0.05) is 23.7 Å². The molecule has 1 aliphatic rings. The van der Waals surface area contributed by atoms with E-state index in [1.807, 2.05) is 24.3 Å². The number of amides is 1. The van der Waals surface area contributed by atoms with Gasteiger partial charge in [0.1, 0.15) is 5.82 Å². The van der Waals surface area contributed by atoms with Crippen LogP contribution < -0.4 is 16.1 Å². The van der Waals surface area contributed by atoms with Crippen molar-refractivity contribution in [3.8, 4) is 0 Å². The molecule has 2 aromatic rings. The number of benzene rings is 1. The number of hydroxylamine groups is 1. The Morgan fingerprint density at radius 1 is 1.31 bits per heavy atom. The zero-order valence-electron chi connectivity index (χ0n) is 14.1. The first kappa shape index (κ1) is 18.3. The molecule has 4 N–H and O–H groups in total. The van der Waals surface area contributed by atoms with Crippen LogP contribution in [0.4, 0.5) is 5.82 Å². The Hall–Kier alpha value is -2.48. The molecule has 3 rings (SSSR count). The Labute approximate surface area is 156 Å². The van der Waals surface area contributed by atoms with Gasteiger partial charge >= 0.3 is 0 Å². The van der Waals surface area contributed by atoms with E-state index >= 15 is 0 Å². The van der Waals surface area contributed by atoms with Crippen molar-refractivity contribution in [2.75, 3.05) is 18.4 Å². The molecule has 26 heavy (non-hydrogen) atoms.